The second-order valence-corrected chi connectivity index (χ2v) is 10.5. The van der Waals surface area contributed by atoms with Crippen LogP contribution in [0.2, 0.25) is 0 Å². The zero-order valence-electron chi connectivity index (χ0n) is 18.9. The van der Waals surface area contributed by atoms with E-state index in [1.807, 2.05) is 11.8 Å². The van der Waals surface area contributed by atoms with Gasteiger partial charge < -0.3 is 19.1 Å². The standard InChI is InChI=1S/C22H25FN6O4S/c1-3-18-26-22(33-27-18)28-7-5-15(6-8-28)32-20-12-19(24-13-25-20)29-9-4-14-10-16(34(2,30)31)11-17(23)21(14)29/h10-13,15H,3-9H2,1-2H3. The summed E-state index contributed by atoms with van der Waals surface area (Å²) in [6.45, 7) is 3.91. The zero-order chi connectivity index (χ0) is 23.9. The van der Waals surface area contributed by atoms with Crippen LogP contribution in [0.3, 0.4) is 0 Å². The molecular weight excluding hydrogens is 463 g/mol. The van der Waals surface area contributed by atoms with Gasteiger partial charge in [0.2, 0.25) is 5.88 Å². The Morgan fingerprint density at radius 3 is 2.68 bits per heavy atom. The van der Waals surface area contributed by atoms with Gasteiger partial charge in [-0.05, 0) is 24.1 Å². The average molecular weight is 489 g/mol. The SMILES string of the molecule is CCc1noc(N2CCC(Oc3cc(N4CCc5cc(S(C)(=O)=O)cc(F)c54)ncn3)CC2)n1. The summed E-state index contributed by atoms with van der Waals surface area (Å²) >= 11 is 0. The number of sulfone groups is 1. The normalized spacial score (nSPS) is 16.7. The number of benzene rings is 1. The molecule has 0 radical (unpaired) electrons. The van der Waals surface area contributed by atoms with Crippen molar-refractivity contribution in [1.29, 1.82) is 0 Å². The topological polar surface area (TPSA) is 115 Å². The van der Waals surface area contributed by atoms with E-state index in [9.17, 15) is 12.8 Å². The van der Waals surface area contributed by atoms with E-state index in [4.69, 9.17) is 9.26 Å². The molecule has 0 aliphatic carbocycles. The van der Waals surface area contributed by atoms with Gasteiger partial charge >= 0.3 is 6.01 Å². The highest BCUT2D eigenvalue weighted by atomic mass is 32.2. The molecule has 3 aromatic rings. The van der Waals surface area contributed by atoms with Crippen molar-refractivity contribution >= 4 is 27.4 Å². The van der Waals surface area contributed by atoms with Crippen molar-refractivity contribution in [2.75, 3.05) is 35.7 Å². The van der Waals surface area contributed by atoms with Crippen LogP contribution in [0.1, 0.15) is 31.2 Å². The van der Waals surface area contributed by atoms with Gasteiger partial charge in [0.15, 0.2) is 15.7 Å². The first-order valence-corrected chi connectivity index (χ1v) is 13.1. The van der Waals surface area contributed by atoms with Gasteiger partial charge in [0.1, 0.15) is 24.1 Å². The molecule has 4 heterocycles. The Balaban J connectivity index is 1.28. The lowest BCUT2D eigenvalue weighted by molar-refractivity contribution is 0.161. The molecule has 1 aromatic carbocycles. The lowest BCUT2D eigenvalue weighted by Gasteiger charge is -2.30. The number of aromatic nitrogens is 4. The molecule has 1 fully saturated rings. The molecule has 2 aliphatic heterocycles. The largest absolute Gasteiger partial charge is 0.474 e. The van der Waals surface area contributed by atoms with Gasteiger partial charge in [0.05, 0.1) is 10.6 Å². The maximum Gasteiger partial charge on any atom is 0.324 e. The molecule has 180 valence electrons. The number of fused-ring (bicyclic) bond motifs is 1. The molecule has 2 aromatic heterocycles. The zero-order valence-corrected chi connectivity index (χ0v) is 19.8. The average Bonchev–Trinajstić information content (AvgIpc) is 3.47. The van der Waals surface area contributed by atoms with E-state index >= 15 is 0 Å². The number of aryl methyl sites for hydroxylation is 1. The molecule has 0 N–H and O–H groups in total. The van der Waals surface area contributed by atoms with E-state index in [-0.39, 0.29) is 11.0 Å². The number of hydrogen-bond acceptors (Lipinski definition) is 10. The first-order valence-electron chi connectivity index (χ1n) is 11.2. The maximum absolute atomic E-state index is 14.9. The fraction of sp³-hybridized carbons (Fsp3) is 0.455. The predicted molar refractivity (Wildman–Crippen MR) is 122 cm³/mol. The van der Waals surface area contributed by atoms with Crippen molar-refractivity contribution < 1.29 is 22.1 Å². The third kappa shape index (κ3) is 4.41. The number of rotatable bonds is 6. The summed E-state index contributed by atoms with van der Waals surface area (Å²) < 4.78 is 50.0. The number of ether oxygens (including phenoxy) is 1. The Kier molecular flexibility index (Phi) is 5.84. The van der Waals surface area contributed by atoms with Gasteiger partial charge in [-0.1, -0.05) is 12.1 Å². The van der Waals surface area contributed by atoms with Crippen molar-refractivity contribution in [1.82, 2.24) is 20.1 Å². The number of anilines is 3. The summed E-state index contributed by atoms with van der Waals surface area (Å²) in [4.78, 5) is 16.7. The van der Waals surface area contributed by atoms with E-state index in [1.165, 1.54) is 12.4 Å². The van der Waals surface area contributed by atoms with Crippen LogP contribution in [-0.4, -0.2) is 60.5 Å². The Bertz CT molecular complexity index is 1310. The second-order valence-electron chi connectivity index (χ2n) is 8.45. The molecule has 0 unspecified atom stereocenters. The van der Waals surface area contributed by atoms with Crippen molar-refractivity contribution in [3.63, 3.8) is 0 Å². The van der Waals surface area contributed by atoms with Crippen LogP contribution in [-0.2, 0) is 22.7 Å². The Hall–Kier alpha value is -3.28. The van der Waals surface area contributed by atoms with Gasteiger partial charge in [-0.25, -0.2) is 22.8 Å². The van der Waals surface area contributed by atoms with Crippen LogP contribution in [0.5, 0.6) is 5.88 Å². The smallest absolute Gasteiger partial charge is 0.324 e. The third-order valence-corrected chi connectivity index (χ3v) is 7.19. The van der Waals surface area contributed by atoms with Crippen molar-refractivity contribution in [3.8, 4) is 5.88 Å². The second kappa shape index (κ2) is 8.82. The number of hydrogen-bond donors (Lipinski definition) is 0. The summed E-state index contributed by atoms with van der Waals surface area (Å²) in [6.07, 6.45) is 5.20. The first-order chi connectivity index (χ1) is 16.3. The molecular formula is C22H25FN6O4S. The van der Waals surface area contributed by atoms with Crippen LogP contribution < -0.4 is 14.5 Å². The Morgan fingerprint density at radius 2 is 1.97 bits per heavy atom. The molecule has 34 heavy (non-hydrogen) atoms. The molecule has 2 aliphatic rings. The van der Waals surface area contributed by atoms with E-state index in [0.29, 0.717) is 47.8 Å². The van der Waals surface area contributed by atoms with E-state index in [1.54, 1.807) is 11.0 Å². The van der Waals surface area contributed by atoms with Crippen LogP contribution >= 0.6 is 0 Å². The third-order valence-electron chi connectivity index (χ3n) is 6.10. The van der Waals surface area contributed by atoms with Crippen LogP contribution in [0.4, 0.5) is 21.9 Å². The molecule has 0 amide bonds. The summed E-state index contributed by atoms with van der Waals surface area (Å²) in [5.41, 5.74) is 0.984. The molecule has 0 spiro atoms. The monoisotopic (exact) mass is 488 g/mol. The number of halogens is 1. The quantitative estimate of drug-likeness (QED) is 0.513. The van der Waals surface area contributed by atoms with Crippen LogP contribution in [0.25, 0.3) is 0 Å². The minimum absolute atomic E-state index is 0.0184. The molecule has 5 rings (SSSR count). The molecule has 12 heteroatoms. The fourth-order valence-electron chi connectivity index (χ4n) is 4.30. The van der Waals surface area contributed by atoms with Crippen LogP contribution in [0.15, 0.2) is 33.9 Å². The van der Waals surface area contributed by atoms with Gasteiger partial charge in [0, 0.05) is 51.2 Å². The van der Waals surface area contributed by atoms with Crippen molar-refractivity contribution in [2.24, 2.45) is 0 Å². The predicted octanol–water partition coefficient (Wildman–Crippen LogP) is 2.71. The summed E-state index contributed by atoms with van der Waals surface area (Å²) in [5.74, 6) is 1.02. The highest BCUT2D eigenvalue weighted by molar-refractivity contribution is 7.90. The fourth-order valence-corrected chi connectivity index (χ4v) is 4.98. The molecule has 1 saturated heterocycles. The summed E-state index contributed by atoms with van der Waals surface area (Å²) in [7, 11) is -3.50. The molecule has 0 atom stereocenters. The lowest BCUT2D eigenvalue weighted by atomic mass is 10.1. The van der Waals surface area contributed by atoms with Gasteiger partial charge in [-0.3, -0.25) is 0 Å². The highest BCUT2D eigenvalue weighted by Gasteiger charge is 2.29. The van der Waals surface area contributed by atoms with Gasteiger partial charge in [0.25, 0.3) is 0 Å². The molecule has 10 nitrogen and oxygen atoms in total. The number of piperidine rings is 1. The lowest BCUT2D eigenvalue weighted by Crippen LogP contribution is -2.38. The Morgan fingerprint density at radius 1 is 1.18 bits per heavy atom. The van der Waals surface area contributed by atoms with E-state index < -0.39 is 15.7 Å². The van der Waals surface area contributed by atoms with Crippen LogP contribution in [0, 0.1) is 5.82 Å². The molecule has 0 bridgehead atoms. The van der Waals surface area contributed by atoms with Crippen molar-refractivity contribution in [2.45, 2.75) is 43.6 Å². The van der Waals surface area contributed by atoms with Gasteiger partial charge in [-0.15, -0.1) is 0 Å². The molecule has 0 saturated carbocycles. The number of nitrogens with zero attached hydrogens (tertiary/aromatic N) is 6. The van der Waals surface area contributed by atoms with E-state index in [2.05, 4.69) is 20.1 Å². The Labute approximate surface area is 196 Å². The van der Waals surface area contributed by atoms with Crippen molar-refractivity contribution in [3.05, 3.63) is 41.7 Å². The summed E-state index contributed by atoms with van der Waals surface area (Å²) in [6, 6.07) is 4.82. The highest BCUT2D eigenvalue weighted by Crippen LogP contribution is 2.38. The van der Waals surface area contributed by atoms with E-state index in [0.717, 1.165) is 44.7 Å². The first kappa shape index (κ1) is 22.5. The summed E-state index contributed by atoms with van der Waals surface area (Å²) in [5, 5.41) is 3.95. The minimum atomic E-state index is -3.50. The van der Waals surface area contributed by atoms with Gasteiger partial charge in [-0.2, -0.15) is 4.98 Å². The maximum atomic E-state index is 14.9. The minimum Gasteiger partial charge on any atom is -0.474 e.